The largest absolute Gasteiger partial charge is 0.349 e. The maximum Gasteiger partial charge on any atom is 0.237 e. The lowest BCUT2D eigenvalue weighted by Gasteiger charge is -2.57. The van der Waals surface area contributed by atoms with E-state index in [2.05, 4.69) is 24.5 Å². The zero-order valence-corrected chi connectivity index (χ0v) is 12.1. The monoisotopic (exact) mass is 262 g/mol. The van der Waals surface area contributed by atoms with Gasteiger partial charge in [0.2, 0.25) is 5.91 Å². The molecule has 1 aliphatic heterocycles. The average Bonchev–Trinajstić information content (AvgIpc) is 2.29. The van der Waals surface area contributed by atoms with Crippen molar-refractivity contribution in [1.29, 1.82) is 0 Å². The van der Waals surface area contributed by atoms with Crippen molar-refractivity contribution in [3.63, 3.8) is 0 Å². The molecule has 0 aromatic carbocycles. The zero-order chi connectivity index (χ0) is 13.2. The van der Waals surface area contributed by atoms with E-state index in [1.54, 1.807) is 0 Å². The van der Waals surface area contributed by atoms with Crippen LogP contribution in [-0.4, -0.2) is 24.0 Å². The van der Waals surface area contributed by atoms with Crippen molar-refractivity contribution in [2.45, 2.75) is 57.5 Å². The van der Waals surface area contributed by atoms with E-state index in [0.29, 0.717) is 5.92 Å². The summed E-state index contributed by atoms with van der Waals surface area (Å²) < 4.78 is 0. The van der Waals surface area contributed by atoms with E-state index in [0.717, 1.165) is 30.2 Å². The van der Waals surface area contributed by atoms with Crippen molar-refractivity contribution in [1.82, 2.24) is 10.6 Å². The number of carbonyl (C=O) groups is 1. The smallest absolute Gasteiger partial charge is 0.237 e. The fourth-order valence-electron chi connectivity index (χ4n) is 5.74. The molecule has 1 unspecified atom stereocenters. The number of rotatable bonds is 1. The van der Waals surface area contributed by atoms with Crippen molar-refractivity contribution < 1.29 is 4.79 Å². The second-order valence-electron chi connectivity index (χ2n) is 8.24. The van der Waals surface area contributed by atoms with Crippen LogP contribution in [0.1, 0.15) is 46.0 Å². The third-order valence-corrected chi connectivity index (χ3v) is 6.19. The minimum Gasteiger partial charge on any atom is -0.349 e. The molecule has 3 heteroatoms. The summed E-state index contributed by atoms with van der Waals surface area (Å²) in [5.74, 6) is 4.49. The van der Waals surface area contributed by atoms with Crippen molar-refractivity contribution in [2.24, 2.45) is 29.6 Å². The Morgan fingerprint density at radius 1 is 1.00 bits per heavy atom. The summed E-state index contributed by atoms with van der Waals surface area (Å²) in [7, 11) is 0. The molecule has 1 saturated heterocycles. The van der Waals surface area contributed by atoms with E-state index in [1.807, 2.05) is 0 Å². The highest BCUT2D eigenvalue weighted by molar-refractivity contribution is 5.83. The minimum absolute atomic E-state index is 0.0838. The van der Waals surface area contributed by atoms with Gasteiger partial charge in [0.25, 0.3) is 0 Å². The molecule has 4 bridgehead atoms. The van der Waals surface area contributed by atoms with Gasteiger partial charge in [-0.15, -0.1) is 0 Å². The molecular weight excluding hydrogens is 236 g/mol. The molecule has 19 heavy (non-hydrogen) atoms. The molecular formula is C16H26N2O. The van der Waals surface area contributed by atoms with Gasteiger partial charge in [-0.1, -0.05) is 0 Å². The SMILES string of the molecule is CC1(C)CNC(C2C3CC4CC(C3)CC2C4)C(=O)N1. The minimum atomic E-state index is -0.0838. The summed E-state index contributed by atoms with van der Waals surface area (Å²) in [6.45, 7) is 5.11. The average molecular weight is 262 g/mol. The molecule has 1 atom stereocenters. The second kappa shape index (κ2) is 3.97. The lowest BCUT2D eigenvalue weighted by molar-refractivity contribution is -0.135. The fraction of sp³-hybridized carbons (Fsp3) is 0.938. The van der Waals surface area contributed by atoms with E-state index < -0.39 is 0 Å². The van der Waals surface area contributed by atoms with Crippen LogP contribution in [0.3, 0.4) is 0 Å². The molecule has 5 fully saturated rings. The molecule has 4 aliphatic carbocycles. The Morgan fingerprint density at radius 3 is 2.11 bits per heavy atom. The Bertz CT molecular complexity index is 376. The molecule has 106 valence electrons. The van der Waals surface area contributed by atoms with Gasteiger partial charge in [-0.3, -0.25) is 4.79 Å². The maximum atomic E-state index is 12.5. The molecule has 5 aliphatic rings. The standard InChI is InChI=1S/C16H26N2O/c1-16(2)8-17-14(15(19)18-16)13-11-4-9-3-10(6-11)7-12(13)5-9/h9-14,17H,3-8H2,1-2H3,(H,18,19). The lowest BCUT2D eigenvalue weighted by Crippen LogP contribution is -2.68. The summed E-state index contributed by atoms with van der Waals surface area (Å²) in [6.07, 6.45) is 7.06. The molecule has 2 N–H and O–H groups in total. The van der Waals surface area contributed by atoms with Crippen LogP contribution < -0.4 is 10.6 Å². The molecule has 0 spiro atoms. The third-order valence-electron chi connectivity index (χ3n) is 6.19. The predicted octanol–water partition coefficient (Wildman–Crippen LogP) is 1.93. The van der Waals surface area contributed by atoms with Gasteiger partial charge < -0.3 is 10.6 Å². The van der Waals surface area contributed by atoms with Gasteiger partial charge in [-0.05, 0) is 75.5 Å². The van der Waals surface area contributed by atoms with Gasteiger partial charge in [-0.2, -0.15) is 0 Å². The molecule has 0 aromatic rings. The van der Waals surface area contributed by atoms with Crippen LogP contribution in [-0.2, 0) is 4.79 Å². The van der Waals surface area contributed by atoms with Gasteiger partial charge in [0.15, 0.2) is 0 Å². The quantitative estimate of drug-likeness (QED) is 0.758. The molecule has 3 nitrogen and oxygen atoms in total. The van der Waals surface area contributed by atoms with Crippen LogP contribution in [0.5, 0.6) is 0 Å². The van der Waals surface area contributed by atoms with E-state index in [1.165, 1.54) is 32.1 Å². The number of nitrogens with one attached hydrogen (secondary N) is 2. The van der Waals surface area contributed by atoms with E-state index >= 15 is 0 Å². The van der Waals surface area contributed by atoms with Gasteiger partial charge in [0, 0.05) is 12.1 Å². The highest BCUT2D eigenvalue weighted by Gasteiger charge is 2.53. The zero-order valence-electron chi connectivity index (χ0n) is 12.1. The normalized spacial score (nSPS) is 51.2. The highest BCUT2D eigenvalue weighted by Crippen LogP contribution is 2.57. The first-order valence-corrected chi connectivity index (χ1v) is 8.07. The Morgan fingerprint density at radius 2 is 1.58 bits per heavy atom. The summed E-state index contributed by atoms with van der Waals surface area (Å²) >= 11 is 0. The van der Waals surface area contributed by atoms with Crippen LogP contribution in [0.15, 0.2) is 0 Å². The van der Waals surface area contributed by atoms with Crippen LogP contribution in [0.25, 0.3) is 0 Å². The Balaban J connectivity index is 1.55. The Hall–Kier alpha value is -0.570. The fourth-order valence-corrected chi connectivity index (χ4v) is 5.74. The third kappa shape index (κ3) is 1.93. The van der Waals surface area contributed by atoms with Gasteiger partial charge in [0.1, 0.15) is 0 Å². The topological polar surface area (TPSA) is 41.1 Å². The first-order chi connectivity index (χ1) is 9.02. The first-order valence-electron chi connectivity index (χ1n) is 8.07. The number of hydrogen-bond donors (Lipinski definition) is 2. The number of amides is 1. The van der Waals surface area contributed by atoms with E-state index in [9.17, 15) is 4.79 Å². The summed E-state index contributed by atoms with van der Waals surface area (Å²) in [5, 5.41) is 6.79. The summed E-state index contributed by atoms with van der Waals surface area (Å²) in [6, 6.07) is 0.0861. The number of carbonyl (C=O) groups excluding carboxylic acids is 1. The van der Waals surface area contributed by atoms with Crippen LogP contribution >= 0.6 is 0 Å². The molecule has 1 heterocycles. The molecule has 4 saturated carbocycles. The van der Waals surface area contributed by atoms with Crippen molar-refractivity contribution in [2.75, 3.05) is 6.54 Å². The summed E-state index contributed by atoms with van der Waals surface area (Å²) in [5.41, 5.74) is -0.0838. The molecule has 1 amide bonds. The Labute approximate surface area is 115 Å². The van der Waals surface area contributed by atoms with Crippen molar-refractivity contribution in [3.05, 3.63) is 0 Å². The predicted molar refractivity (Wildman–Crippen MR) is 74.5 cm³/mol. The lowest BCUT2D eigenvalue weighted by atomic mass is 9.50. The van der Waals surface area contributed by atoms with Crippen molar-refractivity contribution >= 4 is 5.91 Å². The van der Waals surface area contributed by atoms with E-state index in [4.69, 9.17) is 0 Å². The first kappa shape index (κ1) is 12.2. The molecule has 5 rings (SSSR count). The van der Waals surface area contributed by atoms with E-state index in [-0.39, 0.29) is 17.5 Å². The van der Waals surface area contributed by atoms with Crippen LogP contribution in [0, 0.1) is 29.6 Å². The Kier molecular flexibility index (Phi) is 2.55. The van der Waals surface area contributed by atoms with Crippen molar-refractivity contribution in [3.8, 4) is 0 Å². The second-order valence-corrected chi connectivity index (χ2v) is 8.24. The van der Waals surface area contributed by atoms with Crippen LogP contribution in [0.2, 0.25) is 0 Å². The number of piperazine rings is 1. The highest BCUT2D eigenvalue weighted by atomic mass is 16.2. The molecule has 0 aromatic heterocycles. The van der Waals surface area contributed by atoms with Gasteiger partial charge in [0.05, 0.1) is 6.04 Å². The van der Waals surface area contributed by atoms with Gasteiger partial charge >= 0.3 is 0 Å². The summed E-state index contributed by atoms with van der Waals surface area (Å²) in [4.78, 5) is 12.5. The number of hydrogen-bond acceptors (Lipinski definition) is 2. The maximum absolute atomic E-state index is 12.5. The van der Waals surface area contributed by atoms with Gasteiger partial charge in [-0.25, -0.2) is 0 Å². The molecule has 0 radical (unpaired) electrons. The van der Waals surface area contributed by atoms with Crippen LogP contribution in [0.4, 0.5) is 0 Å².